The van der Waals surface area contributed by atoms with Crippen LogP contribution in [0, 0.1) is 0 Å². The predicted molar refractivity (Wildman–Crippen MR) is 54.4 cm³/mol. The van der Waals surface area contributed by atoms with Crippen molar-refractivity contribution in [2.24, 2.45) is 5.73 Å². The van der Waals surface area contributed by atoms with Gasteiger partial charge in [-0.15, -0.1) is 0 Å². The third-order valence-corrected chi connectivity index (χ3v) is 2.43. The first-order valence-corrected chi connectivity index (χ1v) is 4.96. The van der Waals surface area contributed by atoms with Crippen LogP contribution in [0.15, 0.2) is 0 Å². The molecule has 1 atom stereocenters. The van der Waals surface area contributed by atoms with Gasteiger partial charge in [-0.3, -0.25) is 0 Å². The van der Waals surface area contributed by atoms with Crippen molar-refractivity contribution in [2.45, 2.75) is 58.6 Å². The van der Waals surface area contributed by atoms with E-state index in [-0.39, 0.29) is 0 Å². The van der Waals surface area contributed by atoms with E-state index in [1.54, 1.807) is 0 Å². The molecule has 0 spiro atoms. The van der Waals surface area contributed by atoms with Crippen molar-refractivity contribution in [1.29, 1.82) is 0 Å². The van der Waals surface area contributed by atoms with E-state index in [4.69, 9.17) is 5.73 Å². The zero-order valence-electron chi connectivity index (χ0n) is 8.27. The highest BCUT2D eigenvalue weighted by Crippen LogP contribution is 2.09. The van der Waals surface area contributed by atoms with E-state index in [2.05, 4.69) is 20.8 Å². The number of hydrogen-bond acceptors (Lipinski definition) is 1. The Labute approximate surface area is 71.8 Å². The molecule has 0 amide bonds. The maximum Gasteiger partial charge on any atom is 0.139 e. The van der Waals surface area contributed by atoms with Crippen LogP contribution in [0.3, 0.4) is 0 Å². The molecular formula is C9H22BN. The van der Waals surface area contributed by atoms with Gasteiger partial charge in [0, 0.05) is 6.04 Å². The first kappa shape index (κ1) is 11.0. The summed E-state index contributed by atoms with van der Waals surface area (Å²) in [5, 5.41) is 0. The maximum atomic E-state index is 5.66. The molecule has 0 bridgehead atoms. The zero-order valence-corrected chi connectivity index (χ0v) is 8.27. The molecule has 0 saturated carbocycles. The molecule has 0 aromatic carbocycles. The van der Waals surface area contributed by atoms with Gasteiger partial charge in [0.15, 0.2) is 0 Å². The van der Waals surface area contributed by atoms with E-state index in [0.717, 1.165) is 6.71 Å². The van der Waals surface area contributed by atoms with Crippen LogP contribution < -0.4 is 5.73 Å². The van der Waals surface area contributed by atoms with Crippen molar-refractivity contribution >= 4 is 6.71 Å². The summed E-state index contributed by atoms with van der Waals surface area (Å²) in [4.78, 5) is 0. The van der Waals surface area contributed by atoms with Crippen LogP contribution in [-0.4, -0.2) is 12.8 Å². The lowest BCUT2D eigenvalue weighted by Gasteiger charge is -2.09. The summed E-state index contributed by atoms with van der Waals surface area (Å²) in [6, 6.07) is 0.393. The number of hydrogen-bond donors (Lipinski definition) is 1. The predicted octanol–water partition coefficient (Wildman–Crippen LogP) is 2.65. The summed E-state index contributed by atoms with van der Waals surface area (Å²) in [6.07, 6.45) is 6.53. The van der Waals surface area contributed by atoms with Gasteiger partial charge in [-0.05, 0) is 13.3 Å². The summed E-state index contributed by atoms with van der Waals surface area (Å²) < 4.78 is 0. The molecule has 0 radical (unpaired) electrons. The summed E-state index contributed by atoms with van der Waals surface area (Å²) in [5.74, 6) is 0. The molecule has 0 saturated heterocycles. The van der Waals surface area contributed by atoms with Gasteiger partial charge in [-0.2, -0.15) is 0 Å². The van der Waals surface area contributed by atoms with Crippen LogP contribution in [0.4, 0.5) is 0 Å². The summed E-state index contributed by atoms with van der Waals surface area (Å²) in [6.45, 7) is 7.58. The Balaban J connectivity index is 3.21. The van der Waals surface area contributed by atoms with Gasteiger partial charge in [-0.25, -0.2) is 0 Å². The first-order chi connectivity index (χ1) is 5.20. The molecule has 1 unspecified atom stereocenters. The van der Waals surface area contributed by atoms with E-state index < -0.39 is 0 Å². The topological polar surface area (TPSA) is 26.0 Å². The van der Waals surface area contributed by atoms with Crippen LogP contribution in [0.1, 0.15) is 33.6 Å². The molecule has 0 aliphatic rings. The Morgan fingerprint density at radius 1 is 1.27 bits per heavy atom. The van der Waals surface area contributed by atoms with E-state index in [1.807, 2.05) is 0 Å². The Morgan fingerprint density at radius 3 is 2.18 bits per heavy atom. The second kappa shape index (κ2) is 6.72. The Morgan fingerprint density at radius 2 is 1.82 bits per heavy atom. The maximum absolute atomic E-state index is 5.66. The monoisotopic (exact) mass is 155 g/mol. The largest absolute Gasteiger partial charge is 0.328 e. The van der Waals surface area contributed by atoms with Crippen molar-refractivity contribution in [3.05, 3.63) is 0 Å². The number of nitrogens with two attached hydrogens (primary N) is 1. The van der Waals surface area contributed by atoms with Crippen LogP contribution in [0.5, 0.6) is 0 Å². The fourth-order valence-corrected chi connectivity index (χ4v) is 1.43. The van der Waals surface area contributed by atoms with Crippen molar-refractivity contribution < 1.29 is 0 Å². The van der Waals surface area contributed by atoms with Gasteiger partial charge in [0.05, 0.1) is 0 Å². The van der Waals surface area contributed by atoms with Gasteiger partial charge in [0.2, 0.25) is 0 Å². The molecule has 0 aliphatic heterocycles. The first-order valence-electron chi connectivity index (χ1n) is 4.96. The molecule has 0 fully saturated rings. The van der Waals surface area contributed by atoms with E-state index in [1.165, 1.54) is 31.8 Å². The van der Waals surface area contributed by atoms with Crippen LogP contribution >= 0.6 is 0 Å². The summed E-state index contributed by atoms with van der Waals surface area (Å²) >= 11 is 0. The highest BCUT2D eigenvalue weighted by Gasteiger charge is 2.07. The lowest BCUT2D eigenvalue weighted by Crippen LogP contribution is -2.16. The van der Waals surface area contributed by atoms with Crippen LogP contribution in [0.2, 0.25) is 19.0 Å². The zero-order chi connectivity index (χ0) is 8.69. The highest BCUT2D eigenvalue weighted by molar-refractivity contribution is 6.58. The van der Waals surface area contributed by atoms with Crippen molar-refractivity contribution in [3.63, 3.8) is 0 Å². The standard InChI is InChI=1S/C9H22BN/c1-4-10(5-2)8-6-7-9(3)11/h9H,4-8,11H2,1-3H3. The quantitative estimate of drug-likeness (QED) is 0.586. The third-order valence-electron chi connectivity index (χ3n) is 2.43. The molecule has 2 heteroatoms. The van der Waals surface area contributed by atoms with Gasteiger partial charge in [0.1, 0.15) is 6.71 Å². The average Bonchev–Trinajstić information content (AvgIpc) is 1.98. The lowest BCUT2D eigenvalue weighted by atomic mass is 9.43. The fraction of sp³-hybridized carbons (Fsp3) is 1.00. The highest BCUT2D eigenvalue weighted by atomic mass is 14.6. The molecular weight excluding hydrogens is 133 g/mol. The van der Waals surface area contributed by atoms with Crippen LogP contribution in [0.25, 0.3) is 0 Å². The Bertz CT molecular complexity index is 79.6. The second-order valence-corrected chi connectivity index (χ2v) is 3.59. The minimum Gasteiger partial charge on any atom is -0.328 e. The molecule has 0 aromatic heterocycles. The Kier molecular flexibility index (Phi) is 6.73. The molecule has 66 valence electrons. The lowest BCUT2D eigenvalue weighted by molar-refractivity contribution is 0.649. The smallest absolute Gasteiger partial charge is 0.139 e. The summed E-state index contributed by atoms with van der Waals surface area (Å²) in [5.41, 5.74) is 5.66. The molecule has 0 aliphatic carbocycles. The minimum absolute atomic E-state index is 0.393. The van der Waals surface area contributed by atoms with Crippen molar-refractivity contribution in [3.8, 4) is 0 Å². The van der Waals surface area contributed by atoms with Gasteiger partial charge in [-0.1, -0.05) is 39.2 Å². The van der Waals surface area contributed by atoms with Gasteiger partial charge >= 0.3 is 0 Å². The fourth-order valence-electron chi connectivity index (χ4n) is 1.43. The van der Waals surface area contributed by atoms with Crippen molar-refractivity contribution in [2.75, 3.05) is 0 Å². The molecule has 11 heavy (non-hydrogen) atoms. The average molecular weight is 155 g/mol. The van der Waals surface area contributed by atoms with E-state index >= 15 is 0 Å². The van der Waals surface area contributed by atoms with Crippen LogP contribution in [-0.2, 0) is 0 Å². The molecule has 0 heterocycles. The molecule has 1 nitrogen and oxygen atoms in total. The summed E-state index contributed by atoms with van der Waals surface area (Å²) in [7, 11) is 0. The SMILES string of the molecule is CCB(CC)CCCC(C)N. The van der Waals surface area contributed by atoms with Crippen molar-refractivity contribution in [1.82, 2.24) is 0 Å². The normalized spacial score (nSPS) is 13.1. The van der Waals surface area contributed by atoms with E-state index in [0.29, 0.717) is 6.04 Å². The Hall–Kier alpha value is 0.0249. The second-order valence-electron chi connectivity index (χ2n) is 3.59. The van der Waals surface area contributed by atoms with E-state index in [9.17, 15) is 0 Å². The molecule has 0 aromatic rings. The molecule has 2 N–H and O–H groups in total. The van der Waals surface area contributed by atoms with Gasteiger partial charge in [0.25, 0.3) is 0 Å². The molecule has 0 rings (SSSR count). The minimum atomic E-state index is 0.393. The number of rotatable bonds is 6. The third kappa shape index (κ3) is 6.42. The van der Waals surface area contributed by atoms with Gasteiger partial charge < -0.3 is 5.73 Å².